The molecule has 1 fully saturated rings. The minimum Gasteiger partial charge on any atom is -0.394 e. The lowest BCUT2D eigenvalue weighted by Gasteiger charge is -2.29. The summed E-state index contributed by atoms with van der Waals surface area (Å²) in [7, 11) is -3.91. The first kappa shape index (κ1) is 23.6. The lowest BCUT2D eigenvalue weighted by molar-refractivity contribution is -0.114. The Morgan fingerprint density at radius 3 is 2.48 bits per heavy atom. The first-order chi connectivity index (χ1) is 15.9. The number of aromatic nitrogens is 1. The molecule has 4 rings (SSSR count). The van der Waals surface area contributed by atoms with Gasteiger partial charge in [-0.05, 0) is 30.5 Å². The van der Waals surface area contributed by atoms with Crippen molar-refractivity contribution in [2.24, 2.45) is 0 Å². The average molecular weight is 472 g/mol. The van der Waals surface area contributed by atoms with Crippen molar-refractivity contribution in [1.82, 2.24) is 9.29 Å². The summed E-state index contributed by atoms with van der Waals surface area (Å²) >= 11 is 0. The number of carbonyl (C=O) groups excluding carboxylic acids is 1. The molecule has 1 amide bonds. The molecule has 1 aliphatic carbocycles. The maximum atomic E-state index is 13.3. The van der Waals surface area contributed by atoms with Gasteiger partial charge in [-0.15, -0.1) is 0 Å². The van der Waals surface area contributed by atoms with Gasteiger partial charge in [0.2, 0.25) is 10.0 Å². The Labute approximate surface area is 194 Å². The minimum atomic E-state index is -3.91. The van der Waals surface area contributed by atoms with Crippen LogP contribution in [0.5, 0.6) is 0 Å². The number of aliphatic hydroxyl groups is 2. The highest BCUT2D eigenvalue weighted by Crippen LogP contribution is 2.30. The molecule has 0 saturated heterocycles. The van der Waals surface area contributed by atoms with Crippen molar-refractivity contribution < 1.29 is 23.4 Å². The Morgan fingerprint density at radius 2 is 1.85 bits per heavy atom. The molecule has 0 spiro atoms. The highest BCUT2D eigenvalue weighted by atomic mass is 32.2. The molecule has 176 valence electrons. The summed E-state index contributed by atoms with van der Waals surface area (Å²) in [6.45, 7) is -0.287. The number of anilines is 1. The van der Waals surface area contributed by atoms with Gasteiger partial charge in [-0.3, -0.25) is 9.69 Å². The molecule has 1 atom stereocenters. The molecule has 0 bridgehead atoms. The molecule has 1 aromatic heterocycles. The van der Waals surface area contributed by atoms with Crippen molar-refractivity contribution in [2.45, 2.75) is 49.1 Å². The van der Waals surface area contributed by atoms with Gasteiger partial charge in [-0.1, -0.05) is 49.2 Å². The summed E-state index contributed by atoms with van der Waals surface area (Å²) in [6.07, 6.45) is 5.83. The summed E-state index contributed by atoms with van der Waals surface area (Å²) in [5.41, 5.74) is 1.73. The van der Waals surface area contributed by atoms with Gasteiger partial charge >= 0.3 is 0 Å². The van der Waals surface area contributed by atoms with Gasteiger partial charge in [-0.25, -0.2) is 13.4 Å². The van der Waals surface area contributed by atoms with Crippen LogP contribution in [0.4, 0.5) is 5.82 Å². The fourth-order valence-corrected chi connectivity index (χ4v) is 6.10. The number of hydrogen-bond acceptors (Lipinski definition) is 6. The van der Waals surface area contributed by atoms with Gasteiger partial charge in [0.15, 0.2) is 0 Å². The fourth-order valence-electron chi connectivity index (χ4n) is 4.43. The van der Waals surface area contributed by atoms with Gasteiger partial charge < -0.3 is 10.2 Å². The van der Waals surface area contributed by atoms with Crippen LogP contribution in [0.2, 0.25) is 0 Å². The molecular formula is C24H29N3O5S. The Balaban J connectivity index is 1.49. The zero-order valence-corrected chi connectivity index (χ0v) is 19.2. The van der Waals surface area contributed by atoms with Crippen LogP contribution in [0.3, 0.4) is 0 Å². The van der Waals surface area contributed by atoms with Crippen LogP contribution in [0, 0.1) is 0 Å². The number of rotatable bonds is 9. The average Bonchev–Trinajstić information content (AvgIpc) is 3.48. The second-order valence-corrected chi connectivity index (χ2v) is 10.4. The van der Waals surface area contributed by atoms with E-state index in [2.05, 4.69) is 4.98 Å². The monoisotopic (exact) mass is 471 g/mol. The molecule has 2 N–H and O–H groups in total. The molecule has 0 radical (unpaired) electrons. The Morgan fingerprint density at radius 1 is 1.12 bits per heavy atom. The van der Waals surface area contributed by atoms with Gasteiger partial charge in [0, 0.05) is 37.3 Å². The molecule has 9 heteroatoms. The highest BCUT2D eigenvalue weighted by molar-refractivity contribution is 7.89. The van der Waals surface area contributed by atoms with Crippen molar-refractivity contribution in [3.05, 3.63) is 65.9 Å². The first-order valence-corrected chi connectivity index (χ1v) is 12.7. The Hall–Kier alpha value is -2.59. The van der Waals surface area contributed by atoms with Crippen LogP contribution in [-0.4, -0.2) is 65.7 Å². The standard InChI is InChI=1S/C24H29N3O5S/c28-17-21(29)16-27(20-8-4-5-9-20)33(31,32)22-10-11-23(25-15-22)26-13-12-19(24(26)30)14-18-6-2-1-3-7-18/h1-3,6-7,10-12,15,20-21,28-29H,4-5,8-9,13-14,16-17H2/t21-/m1/s1. The normalized spacial score (nSPS) is 18.2. The molecule has 1 aromatic carbocycles. The Bertz CT molecular complexity index is 1100. The molecule has 2 heterocycles. The third-order valence-electron chi connectivity index (χ3n) is 6.21. The van der Waals surface area contributed by atoms with Crippen molar-refractivity contribution >= 4 is 21.7 Å². The quantitative estimate of drug-likeness (QED) is 0.578. The summed E-state index contributed by atoms with van der Waals surface area (Å²) in [5.74, 6) is 0.252. The maximum absolute atomic E-state index is 13.3. The number of aliphatic hydroxyl groups excluding tert-OH is 2. The van der Waals surface area contributed by atoms with E-state index in [0.717, 1.165) is 31.2 Å². The number of carbonyl (C=O) groups is 1. The number of amides is 1. The largest absolute Gasteiger partial charge is 0.394 e. The topological polar surface area (TPSA) is 111 Å². The second kappa shape index (κ2) is 10.1. The number of nitrogens with zero attached hydrogens (tertiary/aromatic N) is 3. The van der Waals surface area contributed by atoms with E-state index in [9.17, 15) is 23.4 Å². The van der Waals surface area contributed by atoms with E-state index in [1.165, 1.54) is 21.5 Å². The SMILES string of the molecule is O=C1C(Cc2ccccc2)=CCN1c1ccc(S(=O)(=O)N(C[C@@H](O)CO)C2CCCC2)cn1. The van der Waals surface area contributed by atoms with Gasteiger partial charge in [0.05, 0.1) is 12.7 Å². The van der Waals surface area contributed by atoms with E-state index < -0.39 is 22.7 Å². The van der Waals surface area contributed by atoms with Gasteiger partial charge in [0.25, 0.3) is 5.91 Å². The van der Waals surface area contributed by atoms with Crippen molar-refractivity contribution in [1.29, 1.82) is 0 Å². The summed E-state index contributed by atoms with van der Waals surface area (Å²) in [4.78, 5) is 18.7. The number of sulfonamides is 1. The fraction of sp³-hybridized carbons (Fsp3) is 0.417. The molecule has 0 unspecified atom stereocenters. The first-order valence-electron chi connectivity index (χ1n) is 11.2. The smallest absolute Gasteiger partial charge is 0.255 e. The van der Waals surface area contributed by atoms with Crippen molar-refractivity contribution in [3.8, 4) is 0 Å². The van der Waals surface area contributed by atoms with Gasteiger partial charge in [0.1, 0.15) is 10.7 Å². The van der Waals surface area contributed by atoms with Crippen LogP contribution >= 0.6 is 0 Å². The van der Waals surface area contributed by atoms with Gasteiger partial charge in [-0.2, -0.15) is 4.31 Å². The summed E-state index contributed by atoms with van der Waals surface area (Å²) in [6, 6.07) is 12.5. The molecule has 1 saturated carbocycles. The van der Waals surface area contributed by atoms with E-state index in [1.54, 1.807) is 6.07 Å². The third-order valence-corrected chi connectivity index (χ3v) is 8.12. The van der Waals surface area contributed by atoms with Crippen LogP contribution in [0.25, 0.3) is 0 Å². The van der Waals surface area contributed by atoms with Crippen molar-refractivity contribution in [2.75, 3.05) is 24.6 Å². The van der Waals surface area contributed by atoms with E-state index in [-0.39, 0.29) is 23.4 Å². The maximum Gasteiger partial charge on any atom is 0.255 e. The lowest BCUT2D eigenvalue weighted by Crippen LogP contribution is -2.44. The third kappa shape index (κ3) is 5.16. The second-order valence-electron chi connectivity index (χ2n) is 8.51. The van der Waals surface area contributed by atoms with E-state index in [4.69, 9.17) is 0 Å². The van der Waals surface area contributed by atoms with Crippen LogP contribution in [0.15, 0.2) is 65.2 Å². The number of pyridine rings is 1. The molecule has 2 aromatic rings. The van der Waals surface area contributed by atoms with Crippen LogP contribution in [0.1, 0.15) is 31.2 Å². The van der Waals surface area contributed by atoms with E-state index >= 15 is 0 Å². The van der Waals surface area contributed by atoms with E-state index in [1.807, 2.05) is 36.4 Å². The summed E-state index contributed by atoms with van der Waals surface area (Å²) in [5, 5.41) is 19.2. The van der Waals surface area contributed by atoms with Crippen LogP contribution in [-0.2, 0) is 21.2 Å². The van der Waals surface area contributed by atoms with Crippen LogP contribution < -0.4 is 4.90 Å². The number of benzene rings is 1. The predicted molar refractivity (Wildman–Crippen MR) is 124 cm³/mol. The zero-order chi connectivity index (χ0) is 23.4. The van der Waals surface area contributed by atoms with E-state index in [0.29, 0.717) is 24.4 Å². The molecule has 8 nitrogen and oxygen atoms in total. The van der Waals surface area contributed by atoms with Crippen molar-refractivity contribution in [3.63, 3.8) is 0 Å². The predicted octanol–water partition coefficient (Wildman–Crippen LogP) is 1.88. The number of hydrogen-bond donors (Lipinski definition) is 2. The zero-order valence-electron chi connectivity index (χ0n) is 18.4. The summed E-state index contributed by atoms with van der Waals surface area (Å²) < 4.78 is 27.9. The molecule has 1 aliphatic heterocycles. The Kier molecular flexibility index (Phi) is 7.23. The molecule has 2 aliphatic rings. The highest BCUT2D eigenvalue weighted by Gasteiger charge is 2.35. The molecular weight excluding hydrogens is 442 g/mol. The minimum absolute atomic E-state index is 0.00686. The molecule has 33 heavy (non-hydrogen) atoms. The lowest BCUT2D eigenvalue weighted by atomic mass is 10.1.